The number of hydrogen-bond acceptors (Lipinski definition) is 4. The van der Waals surface area contributed by atoms with Crippen molar-refractivity contribution in [3.05, 3.63) is 35.6 Å². The van der Waals surface area contributed by atoms with E-state index in [1.807, 2.05) is 4.90 Å². The largest absolute Gasteiger partial charge is 0.465 e. The van der Waals surface area contributed by atoms with Crippen LogP contribution in [0.1, 0.15) is 37.7 Å². The zero-order chi connectivity index (χ0) is 21.1. The second-order valence-electron chi connectivity index (χ2n) is 8.55. The van der Waals surface area contributed by atoms with Crippen LogP contribution in [0.3, 0.4) is 0 Å². The molecule has 1 N–H and O–H groups in total. The number of carboxylic acid groups (broad SMARTS) is 1. The molecule has 30 heavy (non-hydrogen) atoms. The Labute approximate surface area is 176 Å². The monoisotopic (exact) mass is 419 g/mol. The molecule has 7 nitrogen and oxygen atoms in total. The van der Waals surface area contributed by atoms with E-state index in [0.29, 0.717) is 31.1 Å². The van der Waals surface area contributed by atoms with Crippen LogP contribution >= 0.6 is 0 Å². The van der Waals surface area contributed by atoms with Gasteiger partial charge in [0.2, 0.25) is 5.91 Å². The Morgan fingerprint density at radius 1 is 1.13 bits per heavy atom. The van der Waals surface area contributed by atoms with Gasteiger partial charge in [-0.2, -0.15) is 0 Å². The van der Waals surface area contributed by atoms with Crippen molar-refractivity contribution in [2.24, 2.45) is 0 Å². The highest BCUT2D eigenvalue weighted by Gasteiger charge is 2.42. The number of halogens is 1. The molecule has 0 radical (unpaired) electrons. The minimum Gasteiger partial charge on any atom is -0.465 e. The van der Waals surface area contributed by atoms with Gasteiger partial charge in [-0.05, 0) is 37.0 Å². The number of ether oxygens (including phenoxy) is 1. The zero-order valence-electron chi connectivity index (χ0n) is 17.2. The molecule has 0 aromatic heterocycles. The summed E-state index contributed by atoms with van der Waals surface area (Å²) in [4.78, 5) is 30.5. The van der Waals surface area contributed by atoms with E-state index in [1.54, 1.807) is 12.1 Å². The normalized spacial score (nSPS) is 25.8. The van der Waals surface area contributed by atoms with Gasteiger partial charge >= 0.3 is 6.09 Å². The first-order chi connectivity index (χ1) is 14.5. The molecule has 3 aliphatic rings. The number of carbonyl (C=O) groups is 2. The number of carbonyl (C=O) groups excluding carboxylic acids is 1. The summed E-state index contributed by atoms with van der Waals surface area (Å²) in [5.74, 6) is -0.454. The van der Waals surface area contributed by atoms with Crippen LogP contribution in [0.5, 0.6) is 0 Å². The average molecular weight is 419 g/mol. The van der Waals surface area contributed by atoms with Crippen molar-refractivity contribution in [3.63, 3.8) is 0 Å². The number of benzene rings is 1. The molecular formula is C22H30FN3O4. The summed E-state index contributed by atoms with van der Waals surface area (Å²) in [5, 5.41) is 9.62. The van der Waals surface area contributed by atoms with Gasteiger partial charge in [0, 0.05) is 38.6 Å². The third-order valence-corrected chi connectivity index (χ3v) is 6.60. The molecule has 0 bridgehead atoms. The summed E-state index contributed by atoms with van der Waals surface area (Å²) in [6.45, 7) is 3.52. The number of nitrogens with zero attached hydrogens (tertiary/aromatic N) is 3. The van der Waals surface area contributed by atoms with E-state index in [-0.39, 0.29) is 31.0 Å². The molecule has 2 saturated heterocycles. The van der Waals surface area contributed by atoms with E-state index in [4.69, 9.17) is 4.74 Å². The molecule has 2 heterocycles. The molecule has 2 amide bonds. The predicted octanol–water partition coefficient (Wildman–Crippen LogP) is 2.55. The lowest BCUT2D eigenvalue weighted by atomic mass is 9.91. The third kappa shape index (κ3) is 4.75. The summed E-state index contributed by atoms with van der Waals surface area (Å²) >= 11 is 0. The Balaban J connectivity index is 1.35. The van der Waals surface area contributed by atoms with Gasteiger partial charge in [0.1, 0.15) is 11.9 Å². The molecule has 1 aliphatic carbocycles. The van der Waals surface area contributed by atoms with Crippen LogP contribution in [0.15, 0.2) is 24.3 Å². The molecule has 2 atom stereocenters. The molecule has 1 aromatic carbocycles. The molecule has 1 saturated carbocycles. The summed E-state index contributed by atoms with van der Waals surface area (Å²) in [6.07, 6.45) is 3.55. The Bertz CT molecular complexity index is 773. The summed E-state index contributed by atoms with van der Waals surface area (Å²) < 4.78 is 19.2. The minimum atomic E-state index is -1.10. The number of amides is 2. The maximum atomic E-state index is 13.4. The smallest absolute Gasteiger partial charge is 0.408 e. The second kappa shape index (κ2) is 9.31. The summed E-state index contributed by atoms with van der Waals surface area (Å²) in [7, 11) is 0. The summed E-state index contributed by atoms with van der Waals surface area (Å²) in [6, 6.07) is 6.09. The van der Waals surface area contributed by atoms with E-state index in [9.17, 15) is 19.1 Å². The lowest BCUT2D eigenvalue weighted by molar-refractivity contribution is -0.135. The van der Waals surface area contributed by atoms with Crippen LogP contribution in [-0.2, 0) is 16.1 Å². The fourth-order valence-corrected chi connectivity index (χ4v) is 4.69. The van der Waals surface area contributed by atoms with Gasteiger partial charge in [-0.3, -0.25) is 14.6 Å². The zero-order valence-corrected chi connectivity index (χ0v) is 17.2. The van der Waals surface area contributed by atoms with Gasteiger partial charge < -0.3 is 14.7 Å². The molecule has 2 aliphatic heterocycles. The number of likely N-dealkylation sites (tertiary alicyclic amines) is 1. The van der Waals surface area contributed by atoms with Crippen LogP contribution in [0.4, 0.5) is 9.18 Å². The molecule has 1 aromatic rings. The second-order valence-corrected chi connectivity index (χ2v) is 8.55. The van der Waals surface area contributed by atoms with E-state index in [2.05, 4.69) is 4.90 Å². The van der Waals surface area contributed by atoms with Crippen molar-refractivity contribution >= 4 is 12.0 Å². The Hall–Kier alpha value is -2.19. The Morgan fingerprint density at radius 2 is 1.97 bits per heavy atom. The standard InChI is InChI=1S/C22H30FN3O4/c23-17-5-1-4-16(12-17)15-30-19-13-20(26(14-19)22(28)29)21(27)25-9-3-8-24(10-11-25)18-6-2-7-18/h1,4-5,12,18-20H,2-3,6-11,13-15H2,(H,28,29)/t19-,20-/m1/s1. The average Bonchev–Trinajstić information content (AvgIpc) is 2.97. The van der Waals surface area contributed by atoms with Crippen LogP contribution < -0.4 is 0 Å². The van der Waals surface area contributed by atoms with Crippen molar-refractivity contribution in [2.75, 3.05) is 32.7 Å². The predicted molar refractivity (Wildman–Crippen MR) is 109 cm³/mol. The maximum Gasteiger partial charge on any atom is 0.408 e. The van der Waals surface area contributed by atoms with Crippen LogP contribution in [0.2, 0.25) is 0 Å². The molecule has 0 spiro atoms. The Kier molecular flexibility index (Phi) is 6.53. The van der Waals surface area contributed by atoms with Crippen molar-refractivity contribution in [1.29, 1.82) is 0 Å². The van der Waals surface area contributed by atoms with Gasteiger partial charge in [0.05, 0.1) is 19.3 Å². The molecule has 3 fully saturated rings. The lowest BCUT2D eigenvalue weighted by Gasteiger charge is -2.36. The lowest BCUT2D eigenvalue weighted by Crippen LogP contribution is -2.49. The van der Waals surface area contributed by atoms with Crippen LogP contribution in [-0.4, -0.2) is 82.7 Å². The molecular weight excluding hydrogens is 389 g/mol. The first-order valence-electron chi connectivity index (χ1n) is 10.9. The number of rotatable bonds is 5. The van der Waals surface area contributed by atoms with Crippen LogP contribution in [0.25, 0.3) is 0 Å². The molecule has 8 heteroatoms. The maximum absolute atomic E-state index is 13.4. The van der Waals surface area contributed by atoms with Gasteiger partial charge in [0.15, 0.2) is 0 Å². The van der Waals surface area contributed by atoms with E-state index < -0.39 is 12.1 Å². The highest BCUT2D eigenvalue weighted by molar-refractivity contribution is 5.86. The SMILES string of the molecule is O=C([C@H]1C[C@@H](OCc2cccc(F)c2)CN1C(=O)O)N1CCCN(C2CCC2)CC1. The van der Waals surface area contributed by atoms with Crippen molar-refractivity contribution in [3.8, 4) is 0 Å². The van der Waals surface area contributed by atoms with Gasteiger partial charge in [-0.25, -0.2) is 9.18 Å². The fourth-order valence-electron chi connectivity index (χ4n) is 4.69. The van der Waals surface area contributed by atoms with Gasteiger partial charge in [-0.15, -0.1) is 0 Å². The minimum absolute atomic E-state index is 0.121. The van der Waals surface area contributed by atoms with Crippen molar-refractivity contribution in [1.82, 2.24) is 14.7 Å². The first-order valence-corrected chi connectivity index (χ1v) is 10.9. The highest BCUT2D eigenvalue weighted by atomic mass is 19.1. The van der Waals surface area contributed by atoms with Crippen LogP contribution in [0, 0.1) is 5.82 Å². The third-order valence-electron chi connectivity index (χ3n) is 6.60. The molecule has 0 unspecified atom stereocenters. The topological polar surface area (TPSA) is 73.3 Å². The van der Waals surface area contributed by atoms with Gasteiger partial charge in [0.25, 0.3) is 0 Å². The Morgan fingerprint density at radius 3 is 2.67 bits per heavy atom. The molecule has 164 valence electrons. The highest BCUT2D eigenvalue weighted by Crippen LogP contribution is 2.27. The first kappa shape index (κ1) is 21.1. The fraction of sp³-hybridized carbons (Fsp3) is 0.636. The van der Waals surface area contributed by atoms with E-state index in [1.165, 1.54) is 36.3 Å². The number of hydrogen-bond donors (Lipinski definition) is 1. The van der Waals surface area contributed by atoms with Crippen molar-refractivity contribution < 1.29 is 23.8 Å². The van der Waals surface area contributed by atoms with Crippen molar-refractivity contribution in [2.45, 2.75) is 56.9 Å². The van der Waals surface area contributed by atoms with E-state index in [0.717, 1.165) is 19.5 Å². The van der Waals surface area contributed by atoms with Gasteiger partial charge in [-0.1, -0.05) is 18.6 Å². The van der Waals surface area contributed by atoms with E-state index >= 15 is 0 Å². The molecule has 4 rings (SSSR count). The quantitative estimate of drug-likeness (QED) is 0.794. The summed E-state index contributed by atoms with van der Waals surface area (Å²) in [5.41, 5.74) is 0.690.